The molecule has 1 heterocycles. The van der Waals surface area contributed by atoms with Gasteiger partial charge in [0.25, 0.3) is 0 Å². The van der Waals surface area contributed by atoms with Crippen molar-refractivity contribution in [2.75, 3.05) is 0 Å². The molecule has 0 saturated heterocycles. The highest BCUT2D eigenvalue weighted by Crippen LogP contribution is 2.31. The summed E-state index contributed by atoms with van der Waals surface area (Å²) in [7, 11) is 1.83. The molecule has 1 aromatic carbocycles. The van der Waals surface area contributed by atoms with E-state index < -0.39 is 11.9 Å². The first-order chi connectivity index (χ1) is 8.43. The van der Waals surface area contributed by atoms with Crippen LogP contribution in [0, 0.1) is 19.7 Å². The summed E-state index contributed by atoms with van der Waals surface area (Å²) < 4.78 is 15.6. The first kappa shape index (κ1) is 13.1. The van der Waals surface area contributed by atoms with Crippen molar-refractivity contribution < 1.29 is 4.39 Å². The Kier molecular flexibility index (Phi) is 3.41. The van der Waals surface area contributed by atoms with Crippen LogP contribution >= 0.6 is 11.6 Å². The van der Waals surface area contributed by atoms with Crippen LogP contribution in [0.3, 0.4) is 0 Å². The van der Waals surface area contributed by atoms with Gasteiger partial charge in [-0.2, -0.15) is 5.10 Å². The normalized spacial score (nSPS) is 12.8. The SMILES string of the molecule is Cc1nn(C)c(C)c1C(N)c1c(F)cccc1Cl. The van der Waals surface area contributed by atoms with Crippen LogP contribution in [0.5, 0.6) is 0 Å². The van der Waals surface area contributed by atoms with E-state index in [1.807, 2.05) is 20.9 Å². The van der Waals surface area contributed by atoms with Gasteiger partial charge in [-0.1, -0.05) is 17.7 Å². The molecule has 0 spiro atoms. The molecule has 0 aliphatic heterocycles. The quantitative estimate of drug-likeness (QED) is 0.909. The van der Waals surface area contributed by atoms with E-state index in [2.05, 4.69) is 5.10 Å². The largest absolute Gasteiger partial charge is 0.320 e. The molecule has 2 N–H and O–H groups in total. The van der Waals surface area contributed by atoms with E-state index in [1.165, 1.54) is 6.07 Å². The number of benzene rings is 1. The van der Waals surface area contributed by atoms with Gasteiger partial charge >= 0.3 is 0 Å². The second-order valence-electron chi connectivity index (χ2n) is 4.32. The monoisotopic (exact) mass is 267 g/mol. The molecule has 2 aromatic rings. The second kappa shape index (κ2) is 4.71. The van der Waals surface area contributed by atoms with Gasteiger partial charge in [-0.15, -0.1) is 0 Å². The smallest absolute Gasteiger partial charge is 0.129 e. The molecule has 2 rings (SSSR count). The number of nitrogens with zero attached hydrogens (tertiary/aromatic N) is 2. The Hall–Kier alpha value is -1.39. The van der Waals surface area contributed by atoms with Crippen molar-refractivity contribution in [3.63, 3.8) is 0 Å². The van der Waals surface area contributed by atoms with Gasteiger partial charge in [-0.3, -0.25) is 4.68 Å². The van der Waals surface area contributed by atoms with Crippen molar-refractivity contribution in [2.24, 2.45) is 12.8 Å². The maximum atomic E-state index is 13.9. The van der Waals surface area contributed by atoms with Crippen LogP contribution in [0.2, 0.25) is 5.02 Å². The van der Waals surface area contributed by atoms with Crippen molar-refractivity contribution >= 4 is 11.6 Å². The standard InChI is InChI=1S/C13H15ClFN3/c1-7-11(8(2)18(3)17-7)13(16)12-9(14)5-4-6-10(12)15/h4-6,13H,16H2,1-3H3. The summed E-state index contributed by atoms with van der Waals surface area (Å²) in [4.78, 5) is 0. The maximum Gasteiger partial charge on any atom is 0.129 e. The highest BCUT2D eigenvalue weighted by molar-refractivity contribution is 6.31. The highest BCUT2D eigenvalue weighted by atomic mass is 35.5. The lowest BCUT2D eigenvalue weighted by atomic mass is 9.97. The lowest BCUT2D eigenvalue weighted by Crippen LogP contribution is -2.16. The van der Waals surface area contributed by atoms with E-state index in [0.717, 1.165) is 17.0 Å². The molecule has 1 unspecified atom stereocenters. The molecule has 0 radical (unpaired) electrons. The van der Waals surface area contributed by atoms with E-state index >= 15 is 0 Å². The number of halogens is 2. The van der Waals surface area contributed by atoms with Gasteiger partial charge in [-0.25, -0.2) is 4.39 Å². The molecule has 0 saturated carbocycles. The van der Waals surface area contributed by atoms with Crippen LogP contribution < -0.4 is 5.73 Å². The number of hydrogen-bond donors (Lipinski definition) is 1. The minimum absolute atomic E-state index is 0.318. The fraction of sp³-hybridized carbons (Fsp3) is 0.308. The van der Waals surface area contributed by atoms with Crippen molar-refractivity contribution in [2.45, 2.75) is 19.9 Å². The van der Waals surface area contributed by atoms with Crippen LogP contribution in [0.1, 0.15) is 28.6 Å². The fourth-order valence-electron chi connectivity index (χ4n) is 2.19. The summed E-state index contributed by atoms with van der Waals surface area (Å²) in [5.74, 6) is -0.391. The van der Waals surface area contributed by atoms with Gasteiger partial charge in [0, 0.05) is 28.9 Å². The molecule has 1 aromatic heterocycles. The van der Waals surface area contributed by atoms with Gasteiger partial charge < -0.3 is 5.73 Å². The second-order valence-corrected chi connectivity index (χ2v) is 4.73. The minimum atomic E-state index is -0.604. The van der Waals surface area contributed by atoms with Crippen molar-refractivity contribution in [1.29, 1.82) is 0 Å². The first-order valence-corrected chi connectivity index (χ1v) is 6.01. The van der Waals surface area contributed by atoms with Crippen LogP contribution in [-0.4, -0.2) is 9.78 Å². The summed E-state index contributed by atoms with van der Waals surface area (Å²) >= 11 is 6.04. The predicted molar refractivity (Wildman–Crippen MR) is 70.1 cm³/mol. The Bertz CT molecular complexity index is 572. The molecule has 3 nitrogen and oxygen atoms in total. The van der Waals surface area contributed by atoms with Gasteiger partial charge in [0.2, 0.25) is 0 Å². The Morgan fingerprint density at radius 1 is 1.33 bits per heavy atom. The maximum absolute atomic E-state index is 13.9. The lowest BCUT2D eigenvalue weighted by molar-refractivity contribution is 0.599. The highest BCUT2D eigenvalue weighted by Gasteiger charge is 2.23. The number of nitrogens with two attached hydrogens (primary N) is 1. The van der Waals surface area contributed by atoms with Crippen LogP contribution in [-0.2, 0) is 7.05 Å². The molecule has 5 heteroatoms. The van der Waals surface area contributed by atoms with Crippen LogP contribution in [0.15, 0.2) is 18.2 Å². The molecule has 96 valence electrons. The molecule has 0 aliphatic carbocycles. The van der Waals surface area contributed by atoms with E-state index in [1.54, 1.807) is 16.8 Å². The fourth-order valence-corrected chi connectivity index (χ4v) is 2.47. The van der Waals surface area contributed by atoms with Crippen molar-refractivity contribution in [3.05, 3.63) is 51.6 Å². The summed E-state index contributed by atoms with van der Waals surface area (Å²) in [6.07, 6.45) is 0. The molecule has 0 amide bonds. The summed E-state index contributed by atoms with van der Waals surface area (Å²) in [5, 5.41) is 4.63. The van der Waals surface area contributed by atoms with E-state index in [4.69, 9.17) is 17.3 Å². The third-order valence-electron chi connectivity index (χ3n) is 3.19. The van der Waals surface area contributed by atoms with Gasteiger partial charge in [-0.05, 0) is 26.0 Å². The Morgan fingerprint density at radius 2 is 2.00 bits per heavy atom. The average molecular weight is 268 g/mol. The Labute approximate surface area is 110 Å². The Balaban J connectivity index is 2.58. The molecule has 0 aliphatic rings. The zero-order valence-electron chi connectivity index (χ0n) is 10.5. The summed E-state index contributed by atoms with van der Waals surface area (Å²) in [5.41, 5.74) is 9.01. The Morgan fingerprint density at radius 3 is 2.50 bits per heavy atom. The van der Waals surface area contributed by atoms with E-state index in [0.29, 0.717) is 10.6 Å². The number of aromatic nitrogens is 2. The first-order valence-electron chi connectivity index (χ1n) is 5.63. The molecule has 0 fully saturated rings. The van der Waals surface area contributed by atoms with Crippen molar-refractivity contribution in [1.82, 2.24) is 9.78 Å². The zero-order chi connectivity index (χ0) is 13.4. The van der Waals surface area contributed by atoms with Crippen molar-refractivity contribution in [3.8, 4) is 0 Å². The van der Waals surface area contributed by atoms with Gasteiger partial charge in [0.1, 0.15) is 5.82 Å². The average Bonchev–Trinajstić information content (AvgIpc) is 2.52. The predicted octanol–water partition coefficient (Wildman–Crippen LogP) is 2.88. The topological polar surface area (TPSA) is 43.8 Å². The minimum Gasteiger partial charge on any atom is -0.320 e. The third kappa shape index (κ3) is 2.02. The molecule has 1 atom stereocenters. The van der Waals surface area contributed by atoms with Crippen LogP contribution in [0.4, 0.5) is 4.39 Å². The van der Waals surface area contributed by atoms with E-state index in [9.17, 15) is 4.39 Å². The van der Waals surface area contributed by atoms with Gasteiger partial charge in [0.05, 0.1) is 11.7 Å². The molecule has 18 heavy (non-hydrogen) atoms. The number of rotatable bonds is 2. The molecule has 0 bridgehead atoms. The lowest BCUT2D eigenvalue weighted by Gasteiger charge is -2.15. The molecular weight excluding hydrogens is 253 g/mol. The zero-order valence-corrected chi connectivity index (χ0v) is 11.3. The summed E-state index contributed by atoms with van der Waals surface area (Å²) in [6.45, 7) is 3.76. The summed E-state index contributed by atoms with van der Waals surface area (Å²) in [6, 6.07) is 3.97. The molecular formula is C13H15ClFN3. The third-order valence-corrected chi connectivity index (χ3v) is 3.52. The van der Waals surface area contributed by atoms with Gasteiger partial charge in [0.15, 0.2) is 0 Å². The van der Waals surface area contributed by atoms with Crippen LogP contribution in [0.25, 0.3) is 0 Å². The number of hydrogen-bond acceptors (Lipinski definition) is 2. The van der Waals surface area contributed by atoms with E-state index in [-0.39, 0.29) is 0 Å². The number of aryl methyl sites for hydroxylation is 2.